The summed E-state index contributed by atoms with van der Waals surface area (Å²) in [5, 5.41) is 6.78. The molecule has 0 saturated carbocycles. The van der Waals surface area contributed by atoms with E-state index in [2.05, 4.69) is 55.1 Å². The summed E-state index contributed by atoms with van der Waals surface area (Å²) >= 11 is 0. The van der Waals surface area contributed by atoms with E-state index in [1.807, 2.05) is 0 Å². The fourth-order valence-corrected chi connectivity index (χ4v) is 2.68. The van der Waals surface area contributed by atoms with Crippen LogP contribution >= 0.6 is 24.0 Å². The Balaban J connectivity index is 0.00000484. The minimum Gasteiger partial charge on any atom is -0.377 e. The molecule has 0 aromatic carbocycles. The number of piperidine rings is 1. The molecule has 2 unspecified atom stereocenters. The van der Waals surface area contributed by atoms with E-state index >= 15 is 0 Å². The van der Waals surface area contributed by atoms with E-state index in [0.717, 1.165) is 25.0 Å². The Bertz CT molecular complexity index is 349. The lowest BCUT2D eigenvalue weighted by molar-refractivity contribution is 0.0310. The molecule has 1 rings (SSSR count). The molecule has 0 aliphatic carbocycles. The minimum absolute atomic E-state index is 0. The number of aliphatic imine (C=N–C) groups is 1. The number of ether oxygens (including phenoxy) is 1. The molecule has 138 valence electrons. The number of hydrogen-bond donors (Lipinski definition) is 2. The number of likely N-dealkylation sites (tertiary alicyclic amines) is 1. The Hall–Kier alpha value is -0.0800. The van der Waals surface area contributed by atoms with Crippen LogP contribution in [0.1, 0.15) is 47.5 Å². The van der Waals surface area contributed by atoms with Gasteiger partial charge in [-0.15, -0.1) is 24.0 Å². The monoisotopic (exact) mass is 440 g/mol. The van der Waals surface area contributed by atoms with Gasteiger partial charge in [0.05, 0.1) is 12.1 Å². The number of guanidine groups is 1. The second kappa shape index (κ2) is 11.5. The third kappa shape index (κ3) is 9.10. The summed E-state index contributed by atoms with van der Waals surface area (Å²) in [4.78, 5) is 7.23. The van der Waals surface area contributed by atoms with E-state index in [1.165, 1.54) is 25.9 Å². The van der Waals surface area contributed by atoms with Gasteiger partial charge >= 0.3 is 0 Å². The van der Waals surface area contributed by atoms with Crippen LogP contribution in [-0.2, 0) is 4.74 Å². The summed E-state index contributed by atoms with van der Waals surface area (Å²) in [5.74, 6) is 1.70. The predicted molar refractivity (Wildman–Crippen MR) is 110 cm³/mol. The van der Waals surface area contributed by atoms with E-state index in [9.17, 15) is 0 Å². The molecule has 1 fully saturated rings. The Morgan fingerprint density at radius 2 is 2.09 bits per heavy atom. The van der Waals surface area contributed by atoms with E-state index in [4.69, 9.17) is 4.74 Å². The zero-order valence-corrected chi connectivity index (χ0v) is 18.1. The largest absolute Gasteiger partial charge is 0.377 e. The first-order valence-electron chi connectivity index (χ1n) is 8.69. The fraction of sp³-hybridized carbons (Fsp3) is 0.941. The quantitative estimate of drug-likeness (QED) is 0.363. The summed E-state index contributed by atoms with van der Waals surface area (Å²) in [6, 6.07) is 0.530. The Morgan fingerprint density at radius 1 is 1.39 bits per heavy atom. The van der Waals surface area contributed by atoms with Crippen LogP contribution in [0.3, 0.4) is 0 Å². The van der Waals surface area contributed by atoms with Crippen molar-refractivity contribution in [1.82, 2.24) is 15.5 Å². The van der Waals surface area contributed by atoms with Crippen LogP contribution in [0.4, 0.5) is 0 Å². The van der Waals surface area contributed by atoms with Crippen LogP contribution in [0.2, 0.25) is 0 Å². The fourth-order valence-electron chi connectivity index (χ4n) is 2.68. The van der Waals surface area contributed by atoms with Gasteiger partial charge in [0.15, 0.2) is 5.96 Å². The third-order valence-corrected chi connectivity index (χ3v) is 4.39. The highest BCUT2D eigenvalue weighted by Crippen LogP contribution is 2.17. The molecular weight excluding hydrogens is 403 g/mol. The van der Waals surface area contributed by atoms with Crippen LogP contribution in [-0.4, -0.2) is 62.3 Å². The molecule has 0 bridgehead atoms. The second-order valence-corrected chi connectivity index (χ2v) is 7.13. The summed E-state index contributed by atoms with van der Waals surface area (Å²) in [5.41, 5.74) is -0.226. The van der Waals surface area contributed by atoms with Crippen molar-refractivity contribution in [3.05, 3.63) is 0 Å². The number of halogens is 1. The normalized spacial score (nSPS) is 21.5. The summed E-state index contributed by atoms with van der Waals surface area (Å²) in [6.07, 6.45) is 2.69. The average Bonchev–Trinajstić information content (AvgIpc) is 2.49. The van der Waals surface area contributed by atoms with Crippen LogP contribution < -0.4 is 10.6 Å². The van der Waals surface area contributed by atoms with E-state index < -0.39 is 0 Å². The smallest absolute Gasteiger partial charge is 0.191 e. The van der Waals surface area contributed by atoms with Gasteiger partial charge in [-0.2, -0.15) is 0 Å². The van der Waals surface area contributed by atoms with E-state index in [1.54, 1.807) is 7.11 Å². The summed E-state index contributed by atoms with van der Waals surface area (Å²) < 4.78 is 5.43. The zero-order valence-electron chi connectivity index (χ0n) is 15.8. The van der Waals surface area contributed by atoms with Gasteiger partial charge in [-0.25, -0.2) is 0 Å². The second-order valence-electron chi connectivity index (χ2n) is 7.13. The van der Waals surface area contributed by atoms with Gasteiger partial charge in [0.2, 0.25) is 0 Å². The van der Waals surface area contributed by atoms with Gasteiger partial charge in [-0.1, -0.05) is 6.92 Å². The van der Waals surface area contributed by atoms with Gasteiger partial charge < -0.3 is 15.4 Å². The molecule has 1 aliphatic rings. The highest BCUT2D eigenvalue weighted by atomic mass is 127. The first-order valence-corrected chi connectivity index (χ1v) is 8.69. The molecule has 6 heteroatoms. The molecule has 0 aromatic heterocycles. The molecule has 0 radical (unpaired) electrons. The molecule has 0 aromatic rings. The standard InChI is InChI=1S/C17H36N4O.HI/c1-7-18-16(20-13-17(4,5)22-6)19-11-15(3)21-10-8-9-14(2)12-21;/h14-15H,7-13H2,1-6H3,(H2,18,19,20);1H. The third-order valence-electron chi connectivity index (χ3n) is 4.39. The van der Waals surface area contributed by atoms with Crippen molar-refractivity contribution < 1.29 is 4.74 Å². The number of nitrogens with zero attached hydrogens (tertiary/aromatic N) is 2. The van der Waals surface area contributed by atoms with Gasteiger partial charge in [0, 0.05) is 32.8 Å². The number of nitrogens with one attached hydrogen (secondary N) is 2. The van der Waals surface area contributed by atoms with Gasteiger partial charge in [0.1, 0.15) is 0 Å². The minimum atomic E-state index is -0.226. The molecular formula is C17H37IN4O. The molecule has 2 atom stereocenters. The molecule has 0 amide bonds. The van der Waals surface area contributed by atoms with Crippen molar-refractivity contribution >= 4 is 29.9 Å². The number of rotatable bonds is 7. The van der Waals surface area contributed by atoms with E-state index in [-0.39, 0.29) is 29.6 Å². The van der Waals surface area contributed by atoms with Crippen molar-refractivity contribution in [3.8, 4) is 0 Å². The lowest BCUT2D eigenvalue weighted by Crippen LogP contribution is -2.48. The molecule has 0 spiro atoms. The van der Waals surface area contributed by atoms with Crippen molar-refractivity contribution in [3.63, 3.8) is 0 Å². The summed E-state index contributed by atoms with van der Waals surface area (Å²) in [7, 11) is 1.73. The van der Waals surface area contributed by atoms with Gasteiger partial charge in [-0.05, 0) is 53.0 Å². The molecule has 5 nitrogen and oxygen atoms in total. The highest BCUT2D eigenvalue weighted by Gasteiger charge is 2.21. The van der Waals surface area contributed by atoms with E-state index in [0.29, 0.717) is 12.6 Å². The van der Waals surface area contributed by atoms with Crippen LogP contribution in [0.25, 0.3) is 0 Å². The lowest BCUT2D eigenvalue weighted by Gasteiger charge is -2.35. The van der Waals surface area contributed by atoms with Crippen molar-refractivity contribution in [2.75, 3.05) is 39.8 Å². The predicted octanol–water partition coefficient (Wildman–Crippen LogP) is 2.70. The maximum atomic E-state index is 5.43. The van der Waals surface area contributed by atoms with Crippen LogP contribution in [0, 0.1) is 5.92 Å². The summed E-state index contributed by atoms with van der Waals surface area (Å²) in [6.45, 7) is 15.7. The number of methoxy groups -OCH3 is 1. The van der Waals surface area contributed by atoms with Crippen LogP contribution in [0.5, 0.6) is 0 Å². The maximum Gasteiger partial charge on any atom is 0.191 e. The topological polar surface area (TPSA) is 48.9 Å². The molecule has 1 aliphatic heterocycles. The van der Waals surface area contributed by atoms with Crippen molar-refractivity contribution in [1.29, 1.82) is 0 Å². The molecule has 1 heterocycles. The number of hydrogen-bond acceptors (Lipinski definition) is 3. The molecule has 23 heavy (non-hydrogen) atoms. The Labute approximate surface area is 160 Å². The zero-order chi connectivity index (χ0) is 16.6. The van der Waals surface area contributed by atoms with Crippen molar-refractivity contribution in [2.24, 2.45) is 10.9 Å². The van der Waals surface area contributed by atoms with Crippen LogP contribution in [0.15, 0.2) is 4.99 Å². The first-order chi connectivity index (χ1) is 10.4. The van der Waals surface area contributed by atoms with Gasteiger partial charge in [0.25, 0.3) is 0 Å². The Morgan fingerprint density at radius 3 is 2.65 bits per heavy atom. The van der Waals surface area contributed by atoms with Gasteiger partial charge in [-0.3, -0.25) is 9.89 Å². The maximum absolute atomic E-state index is 5.43. The lowest BCUT2D eigenvalue weighted by atomic mass is 9.99. The average molecular weight is 440 g/mol. The van der Waals surface area contributed by atoms with Crippen molar-refractivity contribution in [2.45, 2.75) is 59.1 Å². The molecule has 1 saturated heterocycles. The Kier molecular flexibility index (Phi) is 11.4. The SMILES string of the molecule is CCNC(=NCC(C)(C)OC)NCC(C)N1CCCC(C)C1.I. The first kappa shape index (κ1) is 22.9. The highest BCUT2D eigenvalue weighted by molar-refractivity contribution is 14.0. The molecule has 2 N–H and O–H groups in total.